The second-order valence-electron chi connectivity index (χ2n) is 4.03. The second-order valence-corrected chi connectivity index (χ2v) is 4.40. The highest BCUT2D eigenvalue weighted by Gasteiger charge is 2.19. The molecule has 0 aliphatic rings. The molecule has 2 aromatic rings. The van der Waals surface area contributed by atoms with Gasteiger partial charge < -0.3 is 5.11 Å². The van der Waals surface area contributed by atoms with E-state index in [1.54, 1.807) is 6.07 Å². The molecule has 6 nitrogen and oxygen atoms in total. The van der Waals surface area contributed by atoms with Gasteiger partial charge in [-0.2, -0.15) is 0 Å². The molecule has 0 fully saturated rings. The molecule has 0 amide bonds. The molecule has 1 N–H and O–H groups in total. The fraction of sp³-hybridized carbons (Fsp3) is 0.273. The fourth-order valence-electron chi connectivity index (χ4n) is 1.53. The van der Waals surface area contributed by atoms with Crippen molar-refractivity contribution in [3.63, 3.8) is 0 Å². The average Bonchev–Trinajstić information content (AvgIpc) is 2.80. The van der Waals surface area contributed by atoms with Gasteiger partial charge in [0.15, 0.2) is 5.82 Å². The molecule has 8 heteroatoms. The Hall–Kier alpha value is -2.02. The summed E-state index contributed by atoms with van der Waals surface area (Å²) >= 11 is 5.86. The van der Waals surface area contributed by atoms with Crippen LogP contribution < -0.4 is 0 Å². The van der Waals surface area contributed by atoms with Crippen molar-refractivity contribution in [2.45, 2.75) is 13.5 Å². The van der Waals surface area contributed by atoms with Crippen molar-refractivity contribution in [2.75, 3.05) is 0 Å². The number of carboxylic acid groups (broad SMARTS) is 1. The Labute approximate surface area is 112 Å². The lowest BCUT2D eigenvalue weighted by molar-refractivity contribution is -0.141. The Morgan fingerprint density at radius 2 is 2.32 bits per heavy atom. The molecular formula is C11H10ClFN4O2. The van der Waals surface area contributed by atoms with Crippen molar-refractivity contribution in [3.8, 4) is 11.4 Å². The molecule has 0 radical (unpaired) electrons. The SMILES string of the molecule is CC(Cn1nnnc1-c1cccc(F)c1Cl)C(=O)O. The predicted molar refractivity (Wildman–Crippen MR) is 65.0 cm³/mol. The monoisotopic (exact) mass is 284 g/mol. The van der Waals surface area contributed by atoms with Gasteiger partial charge in [-0.25, -0.2) is 9.07 Å². The van der Waals surface area contributed by atoms with Gasteiger partial charge in [0.1, 0.15) is 5.82 Å². The van der Waals surface area contributed by atoms with E-state index in [0.29, 0.717) is 5.56 Å². The van der Waals surface area contributed by atoms with Crippen LogP contribution in [0.4, 0.5) is 4.39 Å². The Bertz CT molecular complexity index is 616. The van der Waals surface area contributed by atoms with Gasteiger partial charge in [-0.1, -0.05) is 24.6 Å². The average molecular weight is 285 g/mol. The van der Waals surface area contributed by atoms with E-state index < -0.39 is 17.7 Å². The molecule has 1 heterocycles. The molecule has 1 unspecified atom stereocenters. The summed E-state index contributed by atoms with van der Waals surface area (Å²) in [6.07, 6.45) is 0. The second kappa shape index (κ2) is 5.31. The van der Waals surface area contributed by atoms with E-state index in [2.05, 4.69) is 15.5 Å². The maximum absolute atomic E-state index is 13.4. The molecule has 0 saturated carbocycles. The number of hydrogen-bond acceptors (Lipinski definition) is 4. The zero-order chi connectivity index (χ0) is 14.0. The molecule has 0 aliphatic carbocycles. The molecule has 0 aliphatic heterocycles. The summed E-state index contributed by atoms with van der Waals surface area (Å²) in [4.78, 5) is 10.8. The van der Waals surface area contributed by atoms with Gasteiger partial charge in [-0.05, 0) is 22.6 Å². The molecule has 2 rings (SSSR count). The van der Waals surface area contributed by atoms with Gasteiger partial charge in [-0.15, -0.1) is 5.10 Å². The lowest BCUT2D eigenvalue weighted by atomic mass is 10.1. The van der Waals surface area contributed by atoms with Crippen LogP contribution in [0.3, 0.4) is 0 Å². The van der Waals surface area contributed by atoms with E-state index in [0.717, 1.165) is 0 Å². The van der Waals surface area contributed by atoms with E-state index in [-0.39, 0.29) is 17.4 Å². The quantitative estimate of drug-likeness (QED) is 0.927. The van der Waals surface area contributed by atoms with Crippen molar-refractivity contribution in [1.82, 2.24) is 20.2 Å². The van der Waals surface area contributed by atoms with Crippen LogP contribution in [0.15, 0.2) is 18.2 Å². The summed E-state index contributed by atoms with van der Waals surface area (Å²) < 4.78 is 14.7. The van der Waals surface area contributed by atoms with Crippen molar-refractivity contribution < 1.29 is 14.3 Å². The molecule has 0 spiro atoms. The third kappa shape index (κ3) is 2.70. The van der Waals surface area contributed by atoms with E-state index in [4.69, 9.17) is 16.7 Å². The van der Waals surface area contributed by atoms with Crippen molar-refractivity contribution >= 4 is 17.6 Å². The lowest BCUT2D eigenvalue weighted by Gasteiger charge is -2.09. The molecule has 0 bridgehead atoms. The Morgan fingerprint density at radius 1 is 1.58 bits per heavy atom. The molecule has 1 atom stereocenters. The van der Waals surface area contributed by atoms with E-state index >= 15 is 0 Å². The number of carbonyl (C=O) groups is 1. The van der Waals surface area contributed by atoms with Crippen LogP contribution in [-0.4, -0.2) is 31.3 Å². The first-order chi connectivity index (χ1) is 9.00. The fourth-order valence-corrected chi connectivity index (χ4v) is 1.75. The van der Waals surface area contributed by atoms with Crippen LogP contribution in [0.25, 0.3) is 11.4 Å². The van der Waals surface area contributed by atoms with E-state index in [1.165, 1.54) is 23.7 Å². The summed E-state index contributed by atoms with van der Waals surface area (Å²) in [6, 6.07) is 4.27. The molecular weight excluding hydrogens is 275 g/mol. The predicted octanol–water partition coefficient (Wildman–Crippen LogP) is 1.85. The number of benzene rings is 1. The highest BCUT2D eigenvalue weighted by atomic mass is 35.5. The Balaban J connectivity index is 2.39. The van der Waals surface area contributed by atoms with Crippen LogP contribution >= 0.6 is 11.6 Å². The van der Waals surface area contributed by atoms with Gasteiger partial charge in [0.05, 0.1) is 17.5 Å². The zero-order valence-electron chi connectivity index (χ0n) is 9.92. The van der Waals surface area contributed by atoms with Crippen molar-refractivity contribution in [3.05, 3.63) is 29.0 Å². The topological polar surface area (TPSA) is 80.9 Å². The third-order valence-corrected chi connectivity index (χ3v) is 2.98. The minimum absolute atomic E-state index is 0.0739. The van der Waals surface area contributed by atoms with E-state index in [1.807, 2.05) is 0 Å². The van der Waals surface area contributed by atoms with Crippen LogP contribution in [0.1, 0.15) is 6.92 Å². The first kappa shape index (κ1) is 13.4. The largest absolute Gasteiger partial charge is 0.481 e. The first-order valence-electron chi connectivity index (χ1n) is 5.44. The summed E-state index contributed by atoms with van der Waals surface area (Å²) in [5.74, 6) is -1.99. The molecule has 19 heavy (non-hydrogen) atoms. The summed E-state index contributed by atoms with van der Waals surface area (Å²) in [5, 5.41) is 19.7. The number of carboxylic acids is 1. The van der Waals surface area contributed by atoms with Crippen molar-refractivity contribution in [2.24, 2.45) is 5.92 Å². The number of hydrogen-bond donors (Lipinski definition) is 1. The van der Waals surface area contributed by atoms with Gasteiger partial charge in [-0.3, -0.25) is 4.79 Å². The van der Waals surface area contributed by atoms with Gasteiger partial charge in [0.2, 0.25) is 0 Å². The number of halogens is 2. The first-order valence-corrected chi connectivity index (χ1v) is 5.82. The van der Waals surface area contributed by atoms with Gasteiger partial charge in [0, 0.05) is 5.56 Å². The number of aromatic nitrogens is 4. The smallest absolute Gasteiger partial charge is 0.308 e. The highest BCUT2D eigenvalue weighted by Crippen LogP contribution is 2.28. The van der Waals surface area contributed by atoms with Gasteiger partial charge in [0.25, 0.3) is 0 Å². The third-order valence-electron chi connectivity index (χ3n) is 2.59. The zero-order valence-corrected chi connectivity index (χ0v) is 10.7. The number of rotatable bonds is 4. The van der Waals surface area contributed by atoms with Crippen molar-refractivity contribution in [1.29, 1.82) is 0 Å². The van der Waals surface area contributed by atoms with Crippen LogP contribution in [0, 0.1) is 11.7 Å². The molecule has 1 aromatic heterocycles. The van der Waals surface area contributed by atoms with Crippen LogP contribution in [-0.2, 0) is 11.3 Å². The maximum atomic E-state index is 13.4. The number of nitrogens with zero attached hydrogens (tertiary/aromatic N) is 4. The minimum atomic E-state index is -0.966. The summed E-state index contributed by atoms with van der Waals surface area (Å²) in [5.41, 5.74) is 0.323. The van der Waals surface area contributed by atoms with Crippen LogP contribution in [0.5, 0.6) is 0 Å². The molecule has 1 aromatic carbocycles. The summed E-state index contributed by atoms with van der Waals surface area (Å²) in [6.45, 7) is 1.60. The Morgan fingerprint density at radius 3 is 3.00 bits per heavy atom. The van der Waals surface area contributed by atoms with Gasteiger partial charge >= 0.3 is 5.97 Å². The minimum Gasteiger partial charge on any atom is -0.481 e. The number of tetrazole rings is 1. The Kier molecular flexibility index (Phi) is 3.75. The standard InChI is InChI=1S/C11H10ClFN4O2/c1-6(11(18)19)5-17-10(14-15-16-17)7-3-2-4-8(13)9(7)12/h2-4,6H,5H2,1H3,(H,18,19). The highest BCUT2D eigenvalue weighted by molar-refractivity contribution is 6.33. The van der Waals surface area contributed by atoms with E-state index in [9.17, 15) is 9.18 Å². The van der Waals surface area contributed by atoms with Crippen LogP contribution in [0.2, 0.25) is 5.02 Å². The normalized spacial score (nSPS) is 12.4. The maximum Gasteiger partial charge on any atom is 0.308 e. The lowest BCUT2D eigenvalue weighted by Crippen LogP contribution is -2.18. The number of aliphatic carboxylic acids is 1. The summed E-state index contributed by atoms with van der Waals surface area (Å²) in [7, 11) is 0. The molecule has 100 valence electrons. The molecule has 0 saturated heterocycles.